The molecule has 4 heterocycles. The Hall–Kier alpha value is -4.38. The number of hydrogen-bond acceptors (Lipinski definition) is 10. The second kappa shape index (κ2) is 8.44. The van der Waals surface area contributed by atoms with Crippen molar-refractivity contribution < 1.29 is 4.74 Å². The first kappa shape index (κ1) is 21.2. The van der Waals surface area contributed by atoms with Gasteiger partial charge in [0.05, 0.1) is 11.7 Å². The van der Waals surface area contributed by atoms with Crippen LogP contribution in [0.3, 0.4) is 0 Å². The quantitative estimate of drug-likeness (QED) is 0.396. The van der Waals surface area contributed by atoms with E-state index in [1.165, 1.54) is 6.33 Å². The number of nitrogens with one attached hydrogen (secondary N) is 1. The van der Waals surface area contributed by atoms with Crippen LogP contribution < -0.4 is 20.7 Å². The van der Waals surface area contributed by atoms with Gasteiger partial charge in [0.15, 0.2) is 5.82 Å². The molecular weight excluding hydrogens is 444 g/mol. The van der Waals surface area contributed by atoms with Crippen molar-refractivity contribution in [3.63, 3.8) is 0 Å². The van der Waals surface area contributed by atoms with Crippen LogP contribution in [0.15, 0.2) is 48.9 Å². The molecule has 1 atom stereocenters. The molecule has 11 nitrogen and oxygen atoms in total. The van der Waals surface area contributed by atoms with E-state index in [4.69, 9.17) is 15.5 Å². The summed E-state index contributed by atoms with van der Waals surface area (Å²) < 4.78 is 7.85. The Morgan fingerprint density at radius 2 is 2.00 bits per heavy atom. The van der Waals surface area contributed by atoms with Gasteiger partial charge in [-0.3, -0.25) is 0 Å². The molecule has 1 unspecified atom stereocenters. The molecule has 1 saturated heterocycles. The zero-order chi connectivity index (χ0) is 23.9. The van der Waals surface area contributed by atoms with E-state index in [0.717, 1.165) is 47.5 Å². The van der Waals surface area contributed by atoms with Gasteiger partial charge in [-0.05, 0) is 49.2 Å². The topological polar surface area (TPSA) is 133 Å². The molecule has 0 spiro atoms. The van der Waals surface area contributed by atoms with Crippen LogP contribution in [0.25, 0.3) is 22.1 Å². The lowest BCUT2D eigenvalue weighted by atomic mass is 10.2. The normalized spacial score (nSPS) is 15.7. The minimum Gasteiger partial charge on any atom is -0.457 e. The van der Waals surface area contributed by atoms with E-state index in [1.807, 2.05) is 50.4 Å². The van der Waals surface area contributed by atoms with Crippen LogP contribution in [0.1, 0.15) is 12.0 Å². The molecule has 1 aliphatic heterocycles. The van der Waals surface area contributed by atoms with Crippen molar-refractivity contribution in [3.05, 3.63) is 54.5 Å². The van der Waals surface area contributed by atoms with Crippen molar-refractivity contribution in [2.75, 3.05) is 23.3 Å². The summed E-state index contributed by atoms with van der Waals surface area (Å²) in [5, 5.41) is 11.6. The minimum atomic E-state index is 0.144. The van der Waals surface area contributed by atoms with E-state index in [1.54, 1.807) is 10.9 Å². The van der Waals surface area contributed by atoms with Crippen molar-refractivity contribution in [3.8, 4) is 11.5 Å². The molecule has 0 radical (unpaired) electrons. The first-order valence-corrected chi connectivity index (χ1v) is 11.4. The molecule has 3 aromatic heterocycles. The number of aryl methyl sites for hydroxylation is 2. The van der Waals surface area contributed by atoms with E-state index in [2.05, 4.69) is 35.5 Å². The van der Waals surface area contributed by atoms with Gasteiger partial charge in [0.25, 0.3) is 0 Å². The van der Waals surface area contributed by atoms with E-state index >= 15 is 0 Å². The maximum Gasteiger partial charge on any atom is 0.226 e. The Morgan fingerprint density at radius 1 is 1.09 bits per heavy atom. The van der Waals surface area contributed by atoms with Crippen LogP contribution in [0, 0.1) is 6.92 Å². The highest BCUT2D eigenvalue weighted by atomic mass is 16.5. The fraction of sp³-hybridized carbons (Fsp3) is 0.250. The van der Waals surface area contributed by atoms with Crippen LogP contribution in [0.5, 0.6) is 11.5 Å². The van der Waals surface area contributed by atoms with Gasteiger partial charge in [0, 0.05) is 37.9 Å². The van der Waals surface area contributed by atoms with Gasteiger partial charge < -0.3 is 20.7 Å². The first-order valence-electron chi connectivity index (χ1n) is 11.4. The third-order valence-electron chi connectivity index (χ3n) is 6.12. The average Bonchev–Trinajstić information content (AvgIpc) is 3.46. The number of nitrogens with two attached hydrogens (primary N) is 1. The zero-order valence-corrected chi connectivity index (χ0v) is 19.4. The Balaban J connectivity index is 1.25. The summed E-state index contributed by atoms with van der Waals surface area (Å²) in [7, 11) is 1.86. The molecule has 2 aromatic carbocycles. The van der Waals surface area contributed by atoms with Gasteiger partial charge in [-0.2, -0.15) is 0 Å². The molecule has 5 aromatic rings. The molecule has 1 aliphatic rings. The van der Waals surface area contributed by atoms with Crippen LogP contribution in [-0.2, 0) is 7.05 Å². The Morgan fingerprint density at radius 3 is 2.83 bits per heavy atom. The predicted molar refractivity (Wildman–Crippen MR) is 133 cm³/mol. The summed E-state index contributed by atoms with van der Waals surface area (Å²) in [5.41, 5.74) is 11.0. The van der Waals surface area contributed by atoms with Gasteiger partial charge >= 0.3 is 0 Å². The number of fused-ring (bicyclic) bond motifs is 2. The number of anilines is 3. The molecule has 0 aliphatic carbocycles. The standard InChI is InChI=1S/C24H24N10O/c1-14-9-16(3-6-21(14)35-17-4-5-20-18(10-17)31-32-33(20)2)29-23-22-19(27-13-28-23)11-26-24(30-22)34-8-7-15(25)12-34/h3-6,9-11,13,15H,7-8,12,25H2,1-2H3,(H,27,28,29). The monoisotopic (exact) mass is 468 g/mol. The summed E-state index contributed by atoms with van der Waals surface area (Å²) in [6.45, 7) is 3.58. The second-order valence-corrected chi connectivity index (χ2v) is 8.69. The molecule has 3 N–H and O–H groups in total. The summed E-state index contributed by atoms with van der Waals surface area (Å²) in [4.78, 5) is 20.1. The fourth-order valence-corrected chi connectivity index (χ4v) is 4.25. The number of nitrogens with zero attached hydrogens (tertiary/aromatic N) is 8. The summed E-state index contributed by atoms with van der Waals surface area (Å²) >= 11 is 0. The van der Waals surface area contributed by atoms with Crippen molar-refractivity contribution in [1.29, 1.82) is 0 Å². The number of ether oxygens (including phenoxy) is 1. The predicted octanol–water partition coefficient (Wildman–Crippen LogP) is 3.08. The molecule has 6 rings (SSSR count). The number of rotatable bonds is 5. The lowest BCUT2D eigenvalue weighted by molar-refractivity contribution is 0.479. The van der Waals surface area contributed by atoms with E-state index < -0.39 is 0 Å². The van der Waals surface area contributed by atoms with Crippen molar-refractivity contribution in [1.82, 2.24) is 34.9 Å². The molecule has 0 bridgehead atoms. The lowest BCUT2D eigenvalue weighted by Crippen LogP contribution is -2.27. The molecule has 176 valence electrons. The van der Waals surface area contributed by atoms with Crippen molar-refractivity contribution in [2.45, 2.75) is 19.4 Å². The summed E-state index contributed by atoms with van der Waals surface area (Å²) in [6.07, 6.45) is 4.16. The smallest absolute Gasteiger partial charge is 0.226 e. The SMILES string of the molecule is Cc1cc(Nc2ncnc3cnc(N4CCC(N)C4)nc23)ccc1Oc1ccc2c(c1)nnn2C. The van der Waals surface area contributed by atoms with Gasteiger partial charge in [0.1, 0.15) is 34.4 Å². The molecule has 0 amide bonds. The first-order chi connectivity index (χ1) is 17.0. The van der Waals surface area contributed by atoms with E-state index in [9.17, 15) is 0 Å². The van der Waals surface area contributed by atoms with Crippen LogP contribution >= 0.6 is 0 Å². The summed E-state index contributed by atoms with van der Waals surface area (Å²) in [5.74, 6) is 2.71. The second-order valence-electron chi connectivity index (χ2n) is 8.69. The number of aromatic nitrogens is 7. The highest BCUT2D eigenvalue weighted by Crippen LogP contribution is 2.31. The molecule has 0 saturated carbocycles. The lowest BCUT2D eigenvalue weighted by Gasteiger charge is -2.16. The zero-order valence-electron chi connectivity index (χ0n) is 19.4. The summed E-state index contributed by atoms with van der Waals surface area (Å²) in [6, 6.07) is 11.8. The molecule has 35 heavy (non-hydrogen) atoms. The Labute approximate surface area is 201 Å². The van der Waals surface area contributed by atoms with Crippen LogP contribution in [0.4, 0.5) is 17.5 Å². The Kier molecular flexibility index (Phi) is 5.10. The maximum atomic E-state index is 6.12. The molecule has 1 fully saturated rings. The highest BCUT2D eigenvalue weighted by molar-refractivity contribution is 5.87. The fourth-order valence-electron chi connectivity index (χ4n) is 4.25. The van der Waals surface area contributed by atoms with E-state index in [0.29, 0.717) is 28.5 Å². The number of hydrogen-bond donors (Lipinski definition) is 2. The number of benzene rings is 2. The Bertz CT molecular complexity index is 1550. The van der Waals surface area contributed by atoms with Gasteiger partial charge in [-0.15, -0.1) is 5.10 Å². The third-order valence-corrected chi connectivity index (χ3v) is 6.12. The largest absolute Gasteiger partial charge is 0.457 e. The third kappa shape index (κ3) is 4.06. The van der Waals surface area contributed by atoms with E-state index in [-0.39, 0.29) is 6.04 Å². The maximum absolute atomic E-state index is 6.12. The van der Waals surface area contributed by atoms with Crippen LogP contribution in [0.2, 0.25) is 0 Å². The molecular formula is C24H24N10O. The van der Waals surface area contributed by atoms with Crippen molar-refractivity contribution >= 4 is 39.5 Å². The van der Waals surface area contributed by atoms with Gasteiger partial charge in [0.2, 0.25) is 5.95 Å². The van der Waals surface area contributed by atoms with Gasteiger partial charge in [-0.1, -0.05) is 5.21 Å². The average molecular weight is 469 g/mol. The highest BCUT2D eigenvalue weighted by Gasteiger charge is 2.22. The van der Waals surface area contributed by atoms with Gasteiger partial charge in [-0.25, -0.2) is 24.6 Å². The minimum absolute atomic E-state index is 0.144. The van der Waals surface area contributed by atoms with Crippen LogP contribution in [-0.4, -0.2) is 54.1 Å². The van der Waals surface area contributed by atoms with Crippen molar-refractivity contribution in [2.24, 2.45) is 12.8 Å². The molecule has 11 heteroatoms.